The fraction of sp³-hybridized carbons (Fsp3) is 0.312. The Hall–Kier alpha value is -2.67. The maximum Gasteiger partial charge on any atom is 0.252 e. The Balaban J connectivity index is 0.000000168. The smallest absolute Gasteiger partial charge is 0.252 e. The van der Waals surface area contributed by atoms with E-state index in [1.54, 1.807) is 17.3 Å². The summed E-state index contributed by atoms with van der Waals surface area (Å²) in [5, 5.41) is 0.895. The molecule has 1 aliphatic heterocycles. The molecule has 1 fully saturated rings. The lowest BCUT2D eigenvalue weighted by atomic mass is 10.2. The first-order chi connectivity index (χ1) is 11.1. The van der Waals surface area contributed by atoms with E-state index in [1.165, 1.54) is 12.3 Å². The van der Waals surface area contributed by atoms with Gasteiger partial charge in [-0.15, -0.1) is 0 Å². The number of amides is 2. The molecular formula is C16H20N4O3. The van der Waals surface area contributed by atoms with Crippen molar-refractivity contribution in [3.8, 4) is 0 Å². The summed E-state index contributed by atoms with van der Waals surface area (Å²) in [5.74, 6) is -0.453. The SMILES string of the molecule is C=CC(=O)N1CCCOCC1.NC(=O)c1cncc2cc[nH]c12. The lowest BCUT2D eigenvalue weighted by Crippen LogP contribution is -2.31. The van der Waals surface area contributed by atoms with Crippen molar-refractivity contribution in [2.24, 2.45) is 5.73 Å². The molecule has 1 aliphatic rings. The lowest BCUT2D eigenvalue weighted by molar-refractivity contribution is -0.126. The summed E-state index contributed by atoms with van der Waals surface area (Å²) in [6.45, 7) is 6.35. The van der Waals surface area contributed by atoms with E-state index in [4.69, 9.17) is 10.5 Å². The van der Waals surface area contributed by atoms with Gasteiger partial charge < -0.3 is 20.4 Å². The minimum Gasteiger partial charge on any atom is -0.380 e. The van der Waals surface area contributed by atoms with Gasteiger partial charge in [-0.3, -0.25) is 14.6 Å². The van der Waals surface area contributed by atoms with Crippen molar-refractivity contribution >= 4 is 22.7 Å². The molecule has 0 saturated carbocycles. The van der Waals surface area contributed by atoms with Crippen LogP contribution < -0.4 is 5.73 Å². The zero-order chi connectivity index (χ0) is 16.7. The number of aromatic amines is 1. The van der Waals surface area contributed by atoms with E-state index in [-0.39, 0.29) is 5.91 Å². The molecule has 2 amide bonds. The van der Waals surface area contributed by atoms with Crippen LogP contribution in [0.5, 0.6) is 0 Å². The van der Waals surface area contributed by atoms with E-state index in [1.807, 2.05) is 6.07 Å². The Labute approximate surface area is 134 Å². The second-order valence-electron chi connectivity index (χ2n) is 4.99. The standard InChI is InChI=1S/C8H7N3O.C8H13NO2/c9-8(12)6-4-10-3-5-1-2-11-7(5)6;1-2-8(10)9-4-3-6-11-7-5-9/h1-4,11H,(H2,9,12);2H,1,3-7H2. The molecule has 23 heavy (non-hydrogen) atoms. The molecule has 2 aromatic rings. The van der Waals surface area contributed by atoms with Crippen LogP contribution in [-0.2, 0) is 9.53 Å². The molecule has 3 heterocycles. The third kappa shape index (κ3) is 4.40. The van der Waals surface area contributed by atoms with E-state index < -0.39 is 5.91 Å². The first-order valence-corrected chi connectivity index (χ1v) is 7.33. The molecule has 0 aromatic carbocycles. The van der Waals surface area contributed by atoms with Crippen LogP contribution in [-0.4, -0.2) is 53.0 Å². The number of hydrogen-bond acceptors (Lipinski definition) is 4. The second-order valence-corrected chi connectivity index (χ2v) is 4.99. The number of nitrogens with zero attached hydrogens (tertiary/aromatic N) is 2. The number of hydrogen-bond donors (Lipinski definition) is 2. The summed E-state index contributed by atoms with van der Waals surface area (Å²) in [7, 11) is 0. The van der Waals surface area contributed by atoms with Gasteiger partial charge in [0.2, 0.25) is 5.91 Å². The summed E-state index contributed by atoms with van der Waals surface area (Å²) in [5.41, 5.74) is 6.32. The first-order valence-electron chi connectivity index (χ1n) is 7.33. The lowest BCUT2D eigenvalue weighted by Gasteiger charge is -2.16. The number of primary amides is 1. The topological polar surface area (TPSA) is 101 Å². The molecule has 1 saturated heterocycles. The zero-order valence-electron chi connectivity index (χ0n) is 12.8. The van der Waals surface area contributed by atoms with Gasteiger partial charge in [0.1, 0.15) is 0 Å². The highest BCUT2D eigenvalue weighted by Crippen LogP contribution is 2.14. The molecule has 0 radical (unpaired) electrons. The molecule has 0 unspecified atom stereocenters. The largest absolute Gasteiger partial charge is 0.380 e. The Morgan fingerprint density at radius 3 is 2.91 bits per heavy atom. The minimum absolute atomic E-state index is 0.00972. The van der Waals surface area contributed by atoms with Gasteiger partial charge in [0.15, 0.2) is 0 Å². The molecule has 0 bridgehead atoms. The number of pyridine rings is 1. The number of H-pyrrole nitrogens is 1. The van der Waals surface area contributed by atoms with Gasteiger partial charge in [0, 0.05) is 43.7 Å². The van der Waals surface area contributed by atoms with Crippen molar-refractivity contribution in [2.45, 2.75) is 6.42 Å². The summed E-state index contributed by atoms with van der Waals surface area (Å²) in [4.78, 5) is 30.5. The van der Waals surface area contributed by atoms with Gasteiger partial charge in [-0.2, -0.15) is 0 Å². The van der Waals surface area contributed by atoms with Crippen molar-refractivity contribution in [3.63, 3.8) is 0 Å². The summed E-state index contributed by atoms with van der Waals surface area (Å²) >= 11 is 0. The Morgan fingerprint density at radius 2 is 2.17 bits per heavy atom. The van der Waals surface area contributed by atoms with Crippen LogP contribution in [0.25, 0.3) is 10.9 Å². The van der Waals surface area contributed by atoms with Crippen LogP contribution in [0, 0.1) is 0 Å². The predicted molar refractivity (Wildman–Crippen MR) is 86.8 cm³/mol. The maximum absolute atomic E-state index is 11.1. The highest BCUT2D eigenvalue weighted by molar-refractivity contribution is 6.04. The molecule has 0 atom stereocenters. The number of nitrogens with one attached hydrogen (secondary N) is 1. The summed E-state index contributed by atoms with van der Waals surface area (Å²) < 4.78 is 5.19. The quantitative estimate of drug-likeness (QED) is 0.810. The van der Waals surface area contributed by atoms with Gasteiger partial charge in [0.05, 0.1) is 17.7 Å². The fourth-order valence-electron chi connectivity index (χ4n) is 2.26. The highest BCUT2D eigenvalue weighted by atomic mass is 16.5. The molecule has 3 N–H and O–H groups in total. The Morgan fingerprint density at radius 1 is 1.35 bits per heavy atom. The van der Waals surface area contributed by atoms with E-state index >= 15 is 0 Å². The molecular weight excluding hydrogens is 296 g/mol. The molecule has 2 aromatic heterocycles. The van der Waals surface area contributed by atoms with Crippen LogP contribution in [0.1, 0.15) is 16.8 Å². The average molecular weight is 316 g/mol. The average Bonchev–Trinajstić information content (AvgIpc) is 2.88. The molecule has 0 spiro atoms. The number of nitrogens with two attached hydrogens (primary N) is 1. The van der Waals surface area contributed by atoms with Gasteiger partial charge in [-0.05, 0) is 18.6 Å². The molecule has 7 nitrogen and oxygen atoms in total. The third-order valence-corrected chi connectivity index (χ3v) is 3.44. The van der Waals surface area contributed by atoms with Crippen LogP contribution in [0.2, 0.25) is 0 Å². The van der Waals surface area contributed by atoms with Gasteiger partial charge in [0.25, 0.3) is 5.91 Å². The van der Waals surface area contributed by atoms with E-state index in [0.29, 0.717) is 18.7 Å². The van der Waals surface area contributed by atoms with Gasteiger partial charge in [-0.1, -0.05) is 6.58 Å². The van der Waals surface area contributed by atoms with Crippen molar-refractivity contribution < 1.29 is 14.3 Å². The van der Waals surface area contributed by atoms with Crippen molar-refractivity contribution in [1.29, 1.82) is 0 Å². The first kappa shape index (κ1) is 16.7. The molecule has 3 rings (SSSR count). The number of carbonyl (C=O) groups excluding carboxylic acids is 2. The molecule has 122 valence electrons. The van der Waals surface area contributed by atoms with Crippen molar-refractivity contribution in [3.05, 3.63) is 42.9 Å². The molecule has 0 aliphatic carbocycles. The van der Waals surface area contributed by atoms with E-state index in [2.05, 4.69) is 16.5 Å². The normalized spacial score (nSPS) is 14.5. The number of ether oxygens (including phenoxy) is 1. The predicted octanol–water partition coefficient (Wildman–Crippen LogP) is 1.08. The van der Waals surface area contributed by atoms with Crippen molar-refractivity contribution in [2.75, 3.05) is 26.3 Å². The number of rotatable bonds is 2. The third-order valence-electron chi connectivity index (χ3n) is 3.44. The van der Waals surface area contributed by atoms with Crippen LogP contribution >= 0.6 is 0 Å². The Kier molecular flexibility index (Phi) is 5.87. The van der Waals surface area contributed by atoms with Crippen molar-refractivity contribution in [1.82, 2.24) is 14.9 Å². The monoisotopic (exact) mass is 316 g/mol. The number of fused-ring (bicyclic) bond motifs is 1. The zero-order valence-corrected chi connectivity index (χ0v) is 12.8. The fourth-order valence-corrected chi connectivity index (χ4v) is 2.26. The number of carbonyl (C=O) groups is 2. The van der Waals surface area contributed by atoms with Crippen LogP contribution in [0.4, 0.5) is 0 Å². The highest BCUT2D eigenvalue weighted by Gasteiger charge is 2.11. The Bertz CT molecular complexity index is 687. The maximum atomic E-state index is 11.1. The van der Waals surface area contributed by atoms with Gasteiger partial charge in [-0.25, -0.2) is 0 Å². The van der Waals surface area contributed by atoms with E-state index in [9.17, 15) is 9.59 Å². The number of aromatic nitrogens is 2. The van der Waals surface area contributed by atoms with Crippen LogP contribution in [0.15, 0.2) is 37.3 Å². The second kappa shape index (κ2) is 8.09. The summed E-state index contributed by atoms with van der Waals surface area (Å²) in [6, 6.07) is 1.84. The van der Waals surface area contributed by atoms with E-state index in [0.717, 1.165) is 30.5 Å². The minimum atomic E-state index is -0.462. The summed E-state index contributed by atoms with van der Waals surface area (Å²) in [6.07, 6.45) is 7.17. The van der Waals surface area contributed by atoms with Gasteiger partial charge >= 0.3 is 0 Å². The molecule has 7 heteroatoms. The van der Waals surface area contributed by atoms with Crippen LogP contribution in [0.3, 0.4) is 0 Å².